The Labute approximate surface area is 88.3 Å². The van der Waals surface area contributed by atoms with Gasteiger partial charge in [0.05, 0.1) is 0 Å². The molecule has 82 valence electrons. The van der Waals surface area contributed by atoms with Crippen LogP contribution >= 0.6 is 0 Å². The predicted molar refractivity (Wildman–Crippen MR) is 60.5 cm³/mol. The first kappa shape index (κ1) is 10.4. The minimum atomic E-state index is 0.855. The van der Waals surface area contributed by atoms with Crippen LogP contribution in [0, 0.1) is 0 Å². The van der Waals surface area contributed by atoms with Gasteiger partial charge in [0, 0.05) is 18.6 Å². The Balaban J connectivity index is 1.89. The summed E-state index contributed by atoms with van der Waals surface area (Å²) in [6.07, 6.45) is 8.71. The first-order valence-corrected chi connectivity index (χ1v) is 6.18. The van der Waals surface area contributed by atoms with Crippen LogP contribution in [0.25, 0.3) is 0 Å². The van der Waals surface area contributed by atoms with Crippen molar-refractivity contribution in [2.45, 2.75) is 50.6 Å². The van der Waals surface area contributed by atoms with Crippen molar-refractivity contribution in [2.75, 3.05) is 27.2 Å². The van der Waals surface area contributed by atoms with Crippen LogP contribution < -0.4 is 0 Å². The van der Waals surface area contributed by atoms with E-state index in [1.54, 1.807) is 0 Å². The van der Waals surface area contributed by atoms with Crippen LogP contribution in [0.2, 0.25) is 0 Å². The number of rotatable bonds is 3. The maximum Gasteiger partial charge on any atom is 0.0226 e. The second-order valence-corrected chi connectivity index (χ2v) is 5.23. The van der Waals surface area contributed by atoms with Gasteiger partial charge in [0.15, 0.2) is 0 Å². The normalized spacial score (nSPS) is 30.6. The monoisotopic (exact) mass is 196 g/mol. The lowest BCUT2D eigenvalue weighted by Gasteiger charge is -2.32. The van der Waals surface area contributed by atoms with Gasteiger partial charge in [-0.25, -0.2) is 0 Å². The molecule has 2 rings (SSSR count). The Morgan fingerprint density at radius 2 is 1.79 bits per heavy atom. The predicted octanol–water partition coefficient (Wildman–Crippen LogP) is 1.95. The van der Waals surface area contributed by atoms with Gasteiger partial charge in [-0.3, -0.25) is 4.90 Å². The van der Waals surface area contributed by atoms with Crippen LogP contribution in [0.5, 0.6) is 0 Å². The fraction of sp³-hybridized carbons (Fsp3) is 1.00. The van der Waals surface area contributed by atoms with Gasteiger partial charge >= 0.3 is 0 Å². The quantitative estimate of drug-likeness (QED) is 0.681. The summed E-state index contributed by atoms with van der Waals surface area (Å²) < 4.78 is 0. The van der Waals surface area contributed by atoms with Crippen molar-refractivity contribution in [2.24, 2.45) is 0 Å². The zero-order chi connectivity index (χ0) is 9.97. The Morgan fingerprint density at radius 1 is 1.07 bits per heavy atom. The molecule has 1 aliphatic carbocycles. The van der Waals surface area contributed by atoms with Gasteiger partial charge in [-0.15, -0.1) is 0 Å². The maximum absolute atomic E-state index is 2.80. The van der Waals surface area contributed by atoms with E-state index in [0.29, 0.717) is 0 Å². The largest absolute Gasteiger partial charge is 0.308 e. The average Bonchev–Trinajstić information content (AvgIpc) is 2.70. The van der Waals surface area contributed by atoms with Crippen molar-refractivity contribution < 1.29 is 0 Å². The molecule has 0 aromatic rings. The molecule has 2 heteroatoms. The van der Waals surface area contributed by atoms with Crippen LogP contribution in [-0.4, -0.2) is 49.1 Å². The van der Waals surface area contributed by atoms with Crippen LogP contribution in [0.1, 0.15) is 38.5 Å². The lowest BCUT2D eigenvalue weighted by atomic mass is 10.1. The number of nitrogens with zero attached hydrogens (tertiary/aromatic N) is 2. The van der Waals surface area contributed by atoms with Gasteiger partial charge in [-0.1, -0.05) is 12.8 Å². The van der Waals surface area contributed by atoms with Crippen molar-refractivity contribution in [3.63, 3.8) is 0 Å². The molecule has 2 fully saturated rings. The molecule has 1 heterocycles. The summed E-state index contributed by atoms with van der Waals surface area (Å²) >= 11 is 0. The van der Waals surface area contributed by atoms with Crippen LogP contribution in [0.15, 0.2) is 0 Å². The third-order valence-electron chi connectivity index (χ3n) is 3.79. The summed E-state index contributed by atoms with van der Waals surface area (Å²) in [6, 6.07) is 1.79. The highest BCUT2D eigenvalue weighted by molar-refractivity contribution is 4.88. The van der Waals surface area contributed by atoms with E-state index < -0.39 is 0 Å². The minimum Gasteiger partial charge on any atom is -0.308 e. The smallest absolute Gasteiger partial charge is 0.0226 e. The summed E-state index contributed by atoms with van der Waals surface area (Å²) in [7, 11) is 4.40. The van der Waals surface area contributed by atoms with E-state index in [9.17, 15) is 0 Å². The maximum atomic E-state index is 2.80. The SMILES string of the molecule is CN(C)CC1CCCN1C1CCCC1. The summed E-state index contributed by atoms with van der Waals surface area (Å²) in [6.45, 7) is 2.62. The summed E-state index contributed by atoms with van der Waals surface area (Å²) in [5.74, 6) is 0. The molecule has 2 nitrogen and oxygen atoms in total. The lowest BCUT2D eigenvalue weighted by Crippen LogP contribution is -2.42. The second kappa shape index (κ2) is 4.63. The molecule has 0 amide bonds. The molecule has 0 N–H and O–H groups in total. The second-order valence-electron chi connectivity index (χ2n) is 5.23. The molecule has 14 heavy (non-hydrogen) atoms. The number of hydrogen-bond acceptors (Lipinski definition) is 2. The summed E-state index contributed by atoms with van der Waals surface area (Å²) in [4.78, 5) is 5.14. The van der Waals surface area contributed by atoms with Gasteiger partial charge in [-0.2, -0.15) is 0 Å². The fourth-order valence-electron chi connectivity index (χ4n) is 3.19. The molecule has 1 atom stereocenters. The number of hydrogen-bond donors (Lipinski definition) is 0. The van der Waals surface area contributed by atoms with E-state index in [1.165, 1.54) is 51.6 Å². The molecule has 0 radical (unpaired) electrons. The molecule has 1 saturated carbocycles. The van der Waals surface area contributed by atoms with E-state index in [-0.39, 0.29) is 0 Å². The Kier molecular flexibility index (Phi) is 3.45. The van der Waals surface area contributed by atoms with Crippen molar-refractivity contribution in [1.29, 1.82) is 0 Å². The number of likely N-dealkylation sites (N-methyl/N-ethyl adjacent to an activating group) is 1. The number of likely N-dealkylation sites (tertiary alicyclic amines) is 1. The highest BCUT2D eigenvalue weighted by Crippen LogP contribution is 2.29. The molecule has 1 unspecified atom stereocenters. The topological polar surface area (TPSA) is 6.48 Å². The molecule has 1 aliphatic heterocycles. The van der Waals surface area contributed by atoms with Crippen LogP contribution in [0.3, 0.4) is 0 Å². The van der Waals surface area contributed by atoms with E-state index in [4.69, 9.17) is 0 Å². The zero-order valence-electron chi connectivity index (χ0n) is 9.71. The van der Waals surface area contributed by atoms with Gasteiger partial charge in [-0.05, 0) is 46.3 Å². The standard InChI is InChI=1S/C12H24N2/c1-13(2)10-12-8-5-9-14(12)11-6-3-4-7-11/h11-12H,3-10H2,1-2H3. The minimum absolute atomic E-state index is 0.855. The van der Waals surface area contributed by atoms with Crippen molar-refractivity contribution >= 4 is 0 Å². The molecule has 0 spiro atoms. The van der Waals surface area contributed by atoms with Crippen LogP contribution in [-0.2, 0) is 0 Å². The van der Waals surface area contributed by atoms with Gasteiger partial charge in [0.2, 0.25) is 0 Å². The van der Waals surface area contributed by atoms with E-state index in [1.807, 2.05) is 0 Å². The molecule has 0 aromatic heterocycles. The van der Waals surface area contributed by atoms with Crippen molar-refractivity contribution in [3.8, 4) is 0 Å². The zero-order valence-corrected chi connectivity index (χ0v) is 9.71. The molecular formula is C12H24N2. The highest BCUT2D eigenvalue weighted by atomic mass is 15.2. The highest BCUT2D eigenvalue weighted by Gasteiger charge is 2.32. The van der Waals surface area contributed by atoms with Crippen molar-refractivity contribution in [1.82, 2.24) is 9.80 Å². The molecule has 0 aromatic carbocycles. The average molecular weight is 196 g/mol. The lowest BCUT2D eigenvalue weighted by molar-refractivity contribution is 0.154. The van der Waals surface area contributed by atoms with Gasteiger partial charge < -0.3 is 4.90 Å². The van der Waals surface area contributed by atoms with Crippen molar-refractivity contribution in [3.05, 3.63) is 0 Å². The fourth-order valence-corrected chi connectivity index (χ4v) is 3.19. The summed E-state index contributed by atoms with van der Waals surface area (Å²) in [5, 5.41) is 0. The Morgan fingerprint density at radius 3 is 2.43 bits per heavy atom. The first-order chi connectivity index (χ1) is 6.77. The summed E-state index contributed by atoms with van der Waals surface area (Å²) in [5.41, 5.74) is 0. The third kappa shape index (κ3) is 2.29. The van der Waals surface area contributed by atoms with Gasteiger partial charge in [0.25, 0.3) is 0 Å². The van der Waals surface area contributed by atoms with E-state index in [2.05, 4.69) is 23.9 Å². The molecular weight excluding hydrogens is 172 g/mol. The molecule has 2 aliphatic rings. The molecule has 1 saturated heterocycles. The Bertz CT molecular complexity index is 173. The van der Waals surface area contributed by atoms with Gasteiger partial charge in [0.1, 0.15) is 0 Å². The third-order valence-corrected chi connectivity index (χ3v) is 3.79. The Hall–Kier alpha value is -0.0800. The van der Waals surface area contributed by atoms with E-state index in [0.717, 1.165) is 12.1 Å². The van der Waals surface area contributed by atoms with E-state index >= 15 is 0 Å². The first-order valence-electron chi connectivity index (χ1n) is 6.18. The van der Waals surface area contributed by atoms with Crippen LogP contribution in [0.4, 0.5) is 0 Å². The molecule has 0 bridgehead atoms.